The fourth-order valence-corrected chi connectivity index (χ4v) is 1.62. The summed E-state index contributed by atoms with van der Waals surface area (Å²) in [5, 5.41) is 5.76. The van der Waals surface area contributed by atoms with E-state index < -0.39 is 0 Å². The number of nitrogens with one attached hydrogen (secondary N) is 2. The minimum absolute atomic E-state index is 0.0388. The molecule has 0 fully saturated rings. The summed E-state index contributed by atoms with van der Waals surface area (Å²) < 4.78 is 0. The minimum atomic E-state index is -0.102. The van der Waals surface area contributed by atoms with Crippen LogP contribution in [0.3, 0.4) is 0 Å². The van der Waals surface area contributed by atoms with Crippen molar-refractivity contribution in [3.05, 3.63) is 11.3 Å². The summed E-state index contributed by atoms with van der Waals surface area (Å²) in [5.41, 5.74) is 2.16. The van der Waals surface area contributed by atoms with Crippen molar-refractivity contribution in [1.29, 1.82) is 0 Å². The third-order valence-electron chi connectivity index (χ3n) is 2.46. The molecule has 2 N–H and O–H groups in total. The topological polar surface area (TPSA) is 53.5 Å². The lowest BCUT2D eigenvalue weighted by molar-refractivity contribution is -0.123. The molecule has 0 spiro atoms. The van der Waals surface area contributed by atoms with Crippen molar-refractivity contribution in [1.82, 2.24) is 10.6 Å². The van der Waals surface area contributed by atoms with Crippen molar-refractivity contribution in [3.8, 4) is 0 Å². The van der Waals surface area contributed by atoms with Gasteiger partial charge in [0.2, 0.25) is 5.91 Å². The number of hydrogen-bond donors (Lipinski definition) is 2. The number of allylic oxidation sites excluding steroid dienone is 1. The van der Waals surface area contributed by atoms with Crippen LogP contribution in [0.1, 0.15) is 13.8 Å². The normalized spacial score (nSPS) is 33.0. The number of rotatable bonds is 0. The molecule has 64 valence electrons. The highest BCUT2D eigenvalue weighted by Crippen LogP contribution is 2.27. The second kappa shape index (κ2) is 2.33. The van der Waals surface area contributed by atoms with Crippen molar-refractivity contribution < 1.29 is 4.79 Å². The molecule has 0 saturated carbocycles. The van der Waals surface area contributed by atoms with Gasteiger partial charge in [-0.05, 0) is 19.4 Å². The molecule has 0 saturated heterocycles. The molecule has 2 unspecified atom stereocenters. The van der Waals surface area contributed by atoms with Crippen LogP contribution in [-0.2, 0) is 4.79 Å². The summed E-state index contributed by atoms with van der Waals surface area (Å²) in [5.74, 6) is -0.0631. The van der Waals surface area contributed by atoms with Crippen LogP contribution in [0.4, 0.5) is 0 Å². The molecular weight excluding hydrogens is 154 g/mol. The summed E-state index contributed by atoms with van der Waals surface area (Å²) in [4.78, 5) is 15.5. The highest BCUT2D eigenvalue weighted by molar-refractivity contribution is 5.93. The number of hydrogen-bond acceptors (Lipinski definition) is 3. The summed E-state index contributed by atoms with van der Waals surface area (Å²) in [7, 11) is 0. The van der Waals surface area contributed by atoms with E-state index in [1.807, 2.05) is 13.8 Å². The number of carbonyl (C=O) groups is 1. The van der Waals surface area contributed by atoms with Crippen LogP contribution in [-0.4, -0.2) is 18.4 Å². The molecule has 2 atom stereocenters. The van der Waals surface area contributed by atoms with Gasteiger partial charge in [0.25, 0.3) is 0 Å². The van der Waals surface area contributed by atoms with E-state index in [0.29, 0.717) is 0 Å². The number of amides is 1. The highest BCUT2D eigenvalue weighted by atomic mass is 16.2. The van der Waals surface area contributed by atoms with Gasteiger partial charge in [0.05, 0.1) is 6.34 Å². The van der Waals surface area contributed by atoms with E-state index in [-0.39, 0.29) is 18.0 Å². The lowest BCUT2D eigenvalue weighted by Gasteiger charge is -2.20. The highest BCUT2D eigenvalue weighted by Gasteiger charge is 2.37. The number of nitrogens with zero attached hydrogens (tertiary/aromatic N) is 1. The molecule has 2 rings (SSSR count). The van der Waals surface area contributed by atoms with E-state index in [4.69, 9.17) is 0 Å². The summed E-state index contributed by atoms with van der Waals surface area (Å²) in [6.07, 6.45) is 1.39. The third kappa shape index (κ3) is 0.841. The lowest BCUT2D eigenvalue weighted by atomic mass is 9.98. The van der Waals surface area contributed by atoms with Crippen LogP contribution in [0.2, 0.25) is 0 Å². The molecule has 0 aromatic rings. The first-order valence-electron chi connectivity index (χ1n) is 3.96. The average Bonchev–Trinajstić information content (AvgIpc) is 2.29. The molecule has 12 heavy (non-hydrogen) atoms. The van der Waals surface area contributed by atoms with Crippen LogP contribution >= 0.6 is 0 Å². The molecule has 4 heteroatoms. The summed E-state index contributed by atoms with van der Waals surface area (Å²) >= 11 is 0. The van der Waals surface area contributed by atoms with Crippen LogP contribution < -0.4 is 10.6 Å². The van der Waals surface area contributed by atoms with Crippen molar-refractivity contribution in [3.63, 3.8) is 0 Å². The van der Waals surface area contributed by atoms with Crippen molar-refractivity contribution in [2.45, 2.75) is 20.0 Å². The van der Waals surface area contributed by atoms with Gasteiger partial charge in [0.1, 0.15) is 12.1 Å². The van der Waals surface area contributed by atoms with Crippen LogP contribution in [0.15, 0.2) is 16.3 Å². The van der Waals surface area contributed by atoms with Gasteiger partial charge >= 0.3 is 0 Å². The zero-order valence-electron chi connectivity index (χ0n) is 7.09. The molecule has 2 heterocycles. The fraction of sp³-hybridized carbons (Fsp3) is 0.500. The Bertz CT molecular complexity index is 293. The Balaban J connectivity index is 2.36. The van der Waals surface area contributed by atoms with Gasteiger partial charge < -0.3 is 10.6 Å². The van der Waals surface area contributed by atoms with E-state index in [1.165, 1.54) is 6.34 Å². The Morgan fingerprint density at radius 3 is 2.92 bits per heavy atom. The molecule has 0 aromatic carbocycles. The van der Waals surface area contributed by atoms with Crippen LogP contribution in [0.25, 0.3) is 0 Å². The molecule has 2 aliphatic rings. The maximum absolute atomic E-state index is 11.4. The zero-order chi connectivity index (χ0) is 8.72. The first-order chi connectivity index (χ1) is 5.70. The van der Waals surface area contributed by atoms with Crippen LogP contribution in [0, 0.1) is 5.92 Å². The molecule has 2 aliphatic heterocycles. The van der Waals surface area contributed by atoms with Crippen molar-refractivity contribution >= 4 is 12.2 Å². The number of aliphatic imine (C=N–C) groups is 1. The minimum Gasteiger partial charge on any atom is -0.366 e. The Morgan fingerprint density at radius 2 is 2.25 bits per heavy atom. The zero-order valence-corrected chi connectivity index (χ0v) is 7.09. The number of fused-ring (bicyclic) bond motifs is 1. The molecule has 0 aliphatic carbocycles. The average molecular weight is 165 g/mol. The maximum Gasteiger partial charge on any atom is 0.236 e. The molecule has 4 nitrogen and oxygen atoms in total. The molecule has 0 radical (unpaired) electrons. The van der Waals surface area contributed by atoms with Crippen molar-refractivity contribution in [2.75, 3.05) is 0 Å². The molecule has 0 bridgehead atoms. The van der Waals surface area contributed by atoms with Gasteiger partial charge in [-0.1, -0.05) is 0 Å². The Hall–Kier alpha value is -1.32. The lowest BCUT2D eigenvalue weighted by Crippen LogP contribution is -2.43. The summed E-state index contributed by atoms with van der Waals surface area (Å²) in [6, 6.07) is 0. The second-order valence-corrected chi connectivity index (χ2v) is 3.16. The Morgan fingerprint density at radius 1 is 1.50 bits per heavy atom. The van der Waals surface area contributed by atoms with Crippen molar-refractivity contribution in [2.24, 2.45) is 10.9 Å². The van der Waals surface area contributed by atoms with E-state index in [1.54, 1.807) is 0 Å². The van der Waals surface area contributed by atoms with Crippen LogP contribution in [0.5, 0.6) is 0 Å². The molecular formula is C8H11N3O. The van der Waals surface area contributed by atoms with Gasteiger partial charge in [-0.2, -0.15) is 0 Å². The second-order valence-electron chi connectivity index (χ2n) is 3.16. The van der Waals surface area contributed by atoms with Gasteiger partial charge in [-0.15, -0.1) is 0 Å². The SMILES string of the molecule is CC1=C(C)C2C(=O)NC=NC2N1. The van der Waals surface area contributed by atoms with E-state index >= 15 is 0 Å². The Labute approximate surface area is 70.7 Å². The van der Waals surface area contributed by atoms with E-state index in [2.05, 4.69) is 15.6 Å². The van der Waals surface area contributed by atoms with E-state index in [0.717, 1.165) is 11.3 Å². The predicted octanol–water partition coefficient (Wildman–Crippen LogP) is -0.0161. The fourth-order valence-electron chi connectivity index (χ4n) is 1.62. The standard InChI is InChI=1S/C8H11N3O/c1-4-5(2)11-7-6(4)8(12)10-3-9-7/h3,6-7,11H,1-2H3,(H,9,10,12). The smallest absolute Gasteiger partial charge is 0.236 e. The van der Waals surface area contributed by atoms with Gasteiger partial charge in [-0.3, -0.25) is 4.79 Å². The quantitative estimate of drug-likeness (QED) is 0.530. The maximum atomic E-state index is 11.4. The summed E-state index contributed by atoms with van der Waals surface area (Å²) in [6.45, 7) is 3.93. The monoisotopic (exact) mass is 165 g/mol. The van der Waals surface area contributed by atoms with Gasteiger partial charge in [0, 0.05) is 5.70 Å². The molecule has 0 aromatic heterocycles. The first kappa shape index (κ1) is 7.34. The number of carbonyl (C=O) groups excluding carboxylic acids is 1. The third-order valence-corrected chi connectivity index (χ3v) is 2.46. The Kier molecular flexibility index (Phi) is 1.43. The molecule has 1 amide bonds. The van der Waals surface area contributed by atoms with E-state index in [9.17, 15) is 4.79 Å². The first-order valence-corrected chi connectivity index (χ1v) is 3.96. The van der Waals surface area contributed by atoms with Gasteiger partial charge in [0.15, 0.2) is 0 Å². The largest absolute Gasteiger partial charge is 0.366 e. The predicted molar refractivity (Wildman–Crippen MR) is 45.4 cm³/mol. The van der Waals surface area contributed by atoms with Gasteiger partial charge in [-0.25, -0.2) is 4.99 Å².